The number of fused-ring (bicyclic) bond motifs is 1. The highest BCUT2D eigenvalue weighted by atomic mass is 19.3. The molecule has 1 saturated heterocycles. The lowest BCUT2D eigenvalue weighted by molar-refractivity contribution is 0.0985. The van der Waals surface area contributed by atoms with Crippen molar-refractivity contribution in [2.24, 2.45) is 0 Å². The Hall–Kier alpha value is -2.94. The fraction of sp³-hybridized carbons (Fsp3) is 0.409. The molecule has 1 aliphatic rings. The Labute approximate surface area is 178 Å². The van der Waals surface area contributed by atoms with Gasteiger partial charge in [-0.15, -0.1) is 0 Å². The van der Waals surface area contributed by atoms with Crippen molar-refractivity contribution in [1.82, 2.24) is 15.0 Å². The molecule has 3 heterocycles. The third-order valence-electron chi connectivity index (χ3n) is 5.45. The van der Waals surface area contributed by atoms with Crippen LogP contribution >= 0.6 is 0 Å². The van der Waals surface area contributed by atoms with E-state index in [1.165, 1.54) is 12.1 Å². The van der Waals surface area contributed by atoms with Gasteiger partial charge in [0.2, 0.25) is 0 Å². The maximum atomic E-state index is 14.6. The molecule has 1 aliphatic heterocycles. The molecule has 0 aliphatic carbocycles. The van der Waals surface area contributed by atoms with Crippen LogP contribution in [0.15, 0.2) is 30.5 Å². The average molecular weight is 431 g/mol. The lowest BCUT2D eigenvalue weighted by Gasteiger charge is -2.34. The minimum atomic E-state index is -2.88. The van der Waals surface area contributed by atoms with Crippen LogP contribution in [0.25, 0.3) is 10.9 Å². The van der Waals surface area contributed by atoms with Gasteiger partial charge in [0.1, 0.15) is 23.3 Å². The quantitative estimate of drug-likeness (QED) is 0.626. The third kappa shape index (κ3) is 4.27. The second-order valence-corrected chi connectivity index (χ2v) is 7.71. The molecule has 1 fully saturated rings. The minimum absolute atomic E-state index is 0.151. The first-order chi connectivity index (χ1) is 14.8. The lowest BCUT2D eigenvalue weighted by Crippen LogP contribution is -2.44. The van der Waals surface area contributed by atoms with E-state index in [9.17, 15) is 13.2 Å². The molecule has 0 saturated carbocycles. The number of rotatable bonds is 5. The predicted molar refractivity (Wildman–Crippen MR) is 113 cm³/mol. The van der Waals surface area contributed by atoms with Gasteiger partial charge in [-0.2, -0.15) is 0 Å². The second-order valence-electron chi connectivity index (χ2n) is 7.71. The normalized spacial score (nSPS) is 17.9. The number of aromatic nitrogens is 3. The van der Waals surface area contributed by atoms with Crippen molar-refractivity contribution >= 4 is 22.5 Å². The van der Waals surface area contributed by atoms with Crippen molar-refractivity contribution in [1.29, 1.82) is 0 Å². The molecule has 2 aromatic heterocycles. The molecule has 6 nitrogen and oxygen atoms in total. The Morgan fingerprint density at radius 3 is 2.74 bits per heavy atom. The zero-order chi connectivity index (χ0) is 22.1. The van der Waals surface area contributed by atoms with Crippen LogP contribution in [0.4, 0.5) is 24.8 Å². The Balaban J connectivity index is 1.71. The van der Waals surface area contributed by atoms with Crippen LogP contribution in [0.3, 0.4) is 0 Å². The van der Waals surface area contributed by atoms with Crippen LogP contribution in [-0.2, 0) is 4.74 Å². The van der Waals surface area contributed by atoms with E-state index in [1.807, 2.05) is 6.07 Å². The molecule has 0 spiro atoms. The van der Waals surface area contributed by atoms with Gasteiger partial charge in [0, 0.05) is 17.5 Å². The van der Waals surface area contributed by atoms with Gasteiger partial charge in [-0.25, -0.2) is 28.1 Å². The number of hydrogen-bond acceptors (Lipinski definition) is 6. The van der Waals surface area contributed by atoms with Crippen LogP contribution in [0.1, 0.15) is 43.3 Å². The van der Waals surface area contributed by atoms with Crippen molar-refractivity contribution in [3.8, 4) is 0 Å². The van der Waals surface area contributed by atoms with Crippen LogP contribution in [-0.4, -0.2) is 40.8 Å². The van der Waals surface area contributed by atoms with Crippen LogP contribution in [0.5, 0.6) is 0 Å². The van der Waals surface area contributed by atoms with Crippen LogP contribution in [0.2, 0.25) is 0 Å². The summed E-state index contributed by atoms with van der Waals surface area (Å²) in [5.74, 6) is 0.897. The molecule has 1 N–H and O–H groups in total. The van der Waals surface area contributed by atoms with Crippen LogP contribution in [0, 0.1) is 12.7 Å². The number of anilines is 2. The zero-order valence-corrected chi connectivity index (χ0v) is 17.6. The maximum absolute atomic E-state index is 14.6. The molecule has 0 bridgehead atoms. The van der Waals surface area contributed by atoms with Gasteiger partial charge in [0.15, 0.2) is 0 Å². The summed E-state index contributed by atoms with van der Waals surface area (Å²) in [4.78, 5) is 15.7. The predicted octanol–water partition coefficient (Wildman–Crippen LogP) is 4.81. The molecule has 164 valence electrons. The number of pyridine rings is 1. The molecule has 1 aromatic carbocycles. The number of aryl methyl sites for hydroxylation is 1. The van der Waals surface area contributed by atoms with E-state index in [0.717, 1.165) is 23.8 Å². The van der Waals surface area contributed by atoms with Gasteiger partial charge in [0.05, 0.1) is 42.6 Å². The van der Waals surface area contributed by atoms with Crippen molar-refractivity contribution < 1.29 is 17.9 Å². The van der Waals surface area contributed by atoms with Gasteiger partial charge >= 0.3 is 0 Å². The SMILES string of the molecule is Cc1nc(N[C@H](C)c2cccc(C(F)F)c2F)c2cc(N3CCOC[C@@H]3C)ncc2n1. The lowest BCUT2D eigenvalue weighted by atomic mass is 10.0. The summed E-state index contributed by atoms with van der Waals surface area (Å²) in [5.41, 5.74) is 0.189. The second kappa shape index (κ2) is 8.66. The fourth-order valence-electron chi connectivity index (χ4n) is 3.83. The number of alkyl halides is 2. The minimum Gasteiger partial charge on any atom is -0.377 e. The van der Waals surface area contributed by atoms with Gasteiger partial charge in [0.25, 0.3) is 6.43 Å². The molecule has 0 amide bonds. The van der Waals surface area contributed by atoms with Crippen molar-refractivity contribution in [3.63, 3.8) is 0 Å². The monoisotopic (exact) mass is 431 g/mol. The van der Waals surface area contributed by atoms with Crippen LogP contribution < -0.4 is 10.2 Å². The zero-order valence-electron chi connectivity index (χ0n) is 17.6. The number of ether oxygens (including phenoxy) is 1. The van der Waals surface area contributed by atoms with Gasteiger partial charge in [-0.1, -0.05) is 18.2 Å². The van der Waals surface area contributed by atoms with E-state index in [2.05, 4.69) is 32.1 Å². The number of morpholine rings is 1. The number of hydrogen-bond donors (Lipinski definition) is 1. The highest BCUT2D eigenvalue weighted by molar-refractivity contribution is 5.90. The standard InChI is InChI=1S/C22H24F3N5O/c1-12-11-31-8-7-30(12)19-9-17-18(10-26-19)28-14(3)29-22(17)27-13(2)15-5-4-6-16(20(15)23)21(24)25/h4-6,9-10,12-13,21H,7-8,11H2,1-3H3,(H,27,28,29)/t12-,13+/m0/s1. The molecule has 0 radical (unpaired) electrons. The molecule has 4 rings (SSSR count). The summed E-state index contributed by atoms with van der Waals surface area (Å²) in [5, 5.41) is 3.91. The maximum Gasteiger partial charge on any atom is 0.266 e. The van der Waals surface area contributed by atoms with E-state index < -0.39 is 23.8 Å². The molecule has 9 heteroatoms. The first-order valence-corrected chi connectivity index (χ1v) is 10.2. The Bertz CT molecular complexity index is 1090. The van der Waals surface area contributed by atoms with E-state index in [1.54, 1.807) is 20.0 Å². The highest BCUT2D eigenvalue weighted by Crippen LogP contribution is 2.31. The molecule has 2 atom stereocenters. The van der Waals surface area contributed by atoms with E-state index in [0.29, 0.717) is 30.4 Å². The van der Waals surface area contributed by atoms with E-state index in [-0.39, 0.29) is 11.6 Å². The molecular weight excluding hydrogens is 407 g/mol. The van der Waals surface area contributed by atoms with Crippen molar-refractivity contribution in [2.45, 2.75) is 39.3 Å². The summed E-state index contributed by atoms with van der Waals surface area (Å²) in [7, 11) is 0. The van der Waals surface area contributed by atoms with E-state index in [4.69, 9.17) is 4.74 Å². The van der Waals surface area contributed by atoms with E-state index >= 15 is 0 Å². The summed E-state index contributed by atoms with van der Waals surface area (Å²) >= 11 is 0. The smallest absolute Gasteiger partial charge is 0.266 e. The number of nitrogens with one attached hydrogen (secondary N) is 1. The first kappa shape index (κ1) is 21.3. The highest BCUT2D eigenvalue weighted by Gasteiger charge is 2.23. The summed E-state index contributed by atoms with van der Waals surface area (Å²) < 4.78 is 46.4. The fourth-order valence-corrected chi connectivity index (χ4v) is 3.83. The number of nitrogens with zero attached hydrogens (tertiary/aromatic N) is 4. The van der Waals surface area contributed by atoms with Crippen molar-refractivity contribution in [2.75, 3.05) is 30.0 Å². The first-order valence-electron chi connectivity index (χ1n) is 10.2. The molecule has 3 aromatic rings. The topological polar surface area (TPSA) is 63.2 Å². The summed E-state index contributed by atoms with van der Waals surface area (Å²) in [6, 6.07) is 5.52. The van der Waals surface area contributed by atoms with Gasteiger partial charge in [-0.3, -0.25) is 0 Å². The summed E-state index contributed by atoms with van der Waals surface area (Å²) in [6.45, 7) is 7.49. The third-order valence-corrected chi connectivity index (χ3v) is 5.45. The largest absolute Gasteiger partial charge is 0.377 e. The number of halogens is 3. The van der Waals surface area contributed by atoms with Crippen molar-refractivity contribution in [3.05, 3.63) is 53.2 Å². The molecule has 31 heavy (non-hydrogen) atoms. The molecular formula is C22H24F3N5O. The average Bonchev–Trinajstić information content (AvgIpc) is 2.73. The Morgan fingerprint density at radius 2 is 2.00 bits per heavy atom. The summed E-state index contributed by atoms with van der Waals surface area (Å²) in [6.07, 6.45) is -1.19. The Morgan fingerprint density at radius 1 is 1.23 bits per heavy atom. The number of benzene rings is 1. The van der Waals surface area contributed by atoms with Gasteiger partial charge < -0.3 is 15.0 Å². The molecule has 0 unspecified atom stereocenters. The Kier molecular flexibility index (Phi) is 5.95. The van der Waals surface area contributed by atoms with Gasteiger partial charge in [-0.05, 0) is 26.8 Å².